The monoisotopic (exact) mass is 395 g/mol. The largest absolute Gasteiger partial charge is 0.633 e. The predicted octanol–water partition coefficient (Wildman–Crippen LogP) is 8.92. The summed E-state index contributed by atoms with van der Waals surface area (Å²) in [4.78, 5) is 0. The van der Waals surface area contributed by atoms with Crippen LogP contribution in [-0.4, -0.2) is 24.3 Å². The maximum atomic E-state index is 12.8. The molecule has 2 nitrogen and oxygen atoms in total. The van der Waals surface area contributed by atoms with Gasteiger partial charge in [0.2, 0.25) is 0 Å². The summed E-state index contributed by atoms with van der Waals surface area (Å²) in [7, 11) is 1.93. The molecule has 0 aromatic carbocycles. The molecule has 168 valence electrons. The molecule has 0 heterocycles. The zero-order valence-electron chi connectivity index (χ0n) is 19.7. The molecule has 1 rings (SSSR count). The maximum absolute atomic E-state index is 12.8. The van der Waals surface area contributed by atoms with E-state index in [-0.39, 0.29) is 4.65 Å². The Morgan fingerprint density at radius 1 is 0.571 bits per heavy atom. The summed E-state index contributed by atoms with van der Waals surface area (Å²) in [6.07, 6.45) is 30.1. The Bertz CT molecular complexity index is 322. The van der Waals surface area contributed by atoms with Gasteiger partial charge in [0.05, 0.1) is 19.6 Å². The number of nitrogens with zero attached hydrogens (tertiary/aromatic N) is 1. The lowest BCUT2D eigenvalue weighted by Crippen LogP contribution is -2.48. The number of quaternary nitrogens is 1. The van der Waals surface area contributed by atoms with Gasteiger partial charge in [0, 0.05) is 0 Å². The molecule has 0 amide bonds. The van der Waals surface area contributed by atoms with Crippen molar-refractivity contribution in [3.63, 3.8) is 0 Å². The molecule has 0 spiro atoms. The van der Waals surface area contributed by atoms with Gasteiger partial charge in [0.15, 0.2) is 0 Å². The molecule has 1 atom stereocenters. The van der Waals surface area contributed by atoms with Gasteiger partial charge in [0.1, 0.15) is 0 Å². The second kappa shape index (κ2) is 17.8. The van der Waals surface area contributed by atoms with Gasteiger partial charge in [-0.05, 0) is 38.5 Å². The number of rotatable bonds is 19. The second-order valence-electron chi connectivity index (χ2n) is 9.85. The minimum Gasteiger partial charge on any atom is -0.633 e. The smallest absolute Gasteiger partial charge is 0.0885 e. The van der Waals surface area contributed by atoms with E-state index in [1.165, 1.54) is 135 Å². The summed E-state index contributed by atoms with van der Waals surface area (Å²) in [6.45, 7) is 3.14. The Hall–Kier alpha value is -0.0800. The molecule has 1 aliphatic carbocycles. The van der Waals surface area contributed by atoms with Gasteiger partial charge in [-0.3, -0.25) is 0 Å². The minimum absolute atomic E-state index is 0.0404. The van der Waals surface area contributed by atoms with Crippen molar-refractivity contribution < 1.29 is 4.65 Å². The van der Waals surface area contributed by atoms with Gasteiger partial charge in [-0.2, -0.15) is 0 Å². The number of unbranched alkanes of at least 4 members (excludes halogenated alkanes) is 16. The van der Waals surface area contributed by atoms with Crippen LogP contribution in [-0.2, 0) is 0 Å². The fraction of sp³-hybridized carbons (Fsp3) is 1.00. The Balaban J connectivity index is 1.77. The molecule has 2 heteroatoms. The summed E-state index contributed by atoms with van der Waals surface area (Å²) in [6, 6.07) is 0.398. The first-order valence-electron chi connectivity index (χ1n) is 13.2. The van der Waals surface area contributed by atoms with Crippen molar-refractivity contribution >= 4 is 0 Å². The standard InChI is InChI=1S/C26H53NO/c1-3-4-5-6-7-8-9-10-11-12-13-14-15-16-17-18-22-25-27(2,28)26-23-20-19-21-24-26/h26H,3-25H2,1-2H3. The summed E-state index contributed by atoms with van der Waals surface area (Å²) in [5.41, 5.74) is 0. The quantitative estimate of drug-likeness (QED) is 0.122. The van der Waals surface area contributed by atoms with Gasteiger partial charge in [-0.25, -0.2) is 0 Å². The highest BCUT2D eigenvalue weighted by Gasteiger charge is 2.25. The van der Waals surface area contributed by atoms with E-state index in [2.05, 4.69) is 6.92 Å². The van der Waals surface area contributed by atoms with Gasteiger partial charge >= 0.3 is 0 Å². The van der Waals surface area contributed by atoms with Crippen LogP contribution in [0.2, 0.25) is 0 Å². The average molecular weight is 396 g/mol. The normalized spacial score (nSPS) is 17.7. The molecule has 0 radical (unpaired) electrons. The molecule has 1 fully saturated rings. The van der Waals surface area contributed by atoms with E-state index < -0.39 is 0 Å². The Labute approximate surface area is 178 Å². The zero-order valence-corrected chi connectivity index (χ0v) is 19.7. The van der Waals surface area contributed by atoms with Crippen molar-refractivity contribution in [1.29, 1.82) is 0 Å². The summed E-state index contributed by atoms with van der Waals surface area (Å²) < 4.78 is 0.0404. The van der Waals surface area contributed by atoms with Crippen molar-refractivity contribution in [1.82, 2.24) is 0 Å². The number of hydroxylamine groups is 3. The molecule has 28 heavy (non-hydrogen) atoms. The SMILES string of the molecule is CCCCCCCCCCCCCCCCCCC[N+](C)([O-])C1CCCCC1. The average Bonchev–Trinajstić information content (AvgIpc) is 2.71. The first kappa shape index (κ1) is 26.0. The highest BCUT2D eigenvalue weighted by molar-refractivity contribution is 4.67. The first-order valence-corrected chi connectivity index (χ1v) is 13.2. The van der Waals surface area contributed by atoms with Crippen LogP contribution < -0.4 is 0 Å². The van der Waals surface area contributed by atoms with Gasteiger partial charge in [0.25, 0.3) is 0 Å². The number of hydrogen-bond acceptors (Lipinski definition) is 1. The van der Waals surface area contributed by atoms with Crippen molar-refractivity contribution in [2.75, 3.05) is 13.6 Å². The molecule has 0 aromatic rings. The van der Waals surface area contributed by atoms with Crippen LogP contribution in [0.1, 0.15) is 148 Å². The van der Waals surface area contributed by atoms with Gasteiger partial charge in [-0.1, -0.05) is 110 Å². The molecule has 0 aromatic heterocycles. The third-order valence-electron chi connectivity index (χ3n) is 7.05. The molecule has 0 aliphatic heterocycles. The Morgan fingerprint density at radius 3 is 1.32 bits per heavy atom. The van der Waals surface area contributed by atoms with Crippen molar-refractivity contribution in [2.24, 2.45) is 0 Å². The fourth-order valence-electron chi connectivity index (χ4n) is 4.96. The van der Waals surface area contributed by atoms with E-state index in [4.69, 9.17) is 0 Å². The van der Waals surface area contributed by atoms with Crippen LogP contribution in [0.3, 0.4) is 0 Å². The number of hydrogen-bond donors (Lipinski definition) is 0. The molecule has 1 saturated carbocycles. The Morgan fingerprint density at radius 2 is 0.929 bits per heavy atom. The maximum Gasteiger partial charge on any atom is 0.0885 e. The summed E-state index contributed by atoms with van der Waals surface area (Å²) >= 11 is 0. The molecule has 1 unspecified atom stereocenters. The van der Waals surface area contributed by atoms with Crippen molar-refractivity contribution in [3.8, 4) is 0 Å². The lowest BCUT2D eigenvalue weighted by Gasteiger charge is -2.47. The first-order chi connectivity index (χ1) is 13.7. The van der Waals surface area contributed by atoms with Crippen LogP contribution >= 0.6 is 0 Å². The molecule has 0 N–H and O–H groups in total. The zero-order chi connectivity index (χ0) is 20.3. The highest BCUT2D eigenvalue weighted by atomic mass is 16.5. The summed E-state index contributed by atoms with van der Waals surface area (Å²) in [5, 5.41) is 12.8. The van der Waals surface area contributed by atoms with Crippen molar-refractivity contribution in [2.45, 2.75) is 154 Å². The lowest BCUT2D eigenvalue weighted by atomic mass is 9.94. The van der Waals surface area contributed by atoms with E-state index in [1.807, 2.05) is 7.05 Å². The molecular formula is C26H53NO. The van der Waals surface area contributed by atoms with E-state index in [9.17, 15) is 5.21 Å². The van der Waals surface area contributed by atoms with Crippen LogP contribution in [0.4, 0.5) is 0 Å². The van der Waals surface area contributed by atoms with E-state index in [0.717, 1.165) is 13.0 Å². The minimum atomic E-state index is 0.0404. The molecule has 1 aliphatic rings. The van der Waals surface area contributed by atoms with Crippen LogP contribution in [0.25, 0.3) is 0 Å². The second-order valence-corrected chi connectivity index (χ2v) is 9.85. The third kappa shape index (κ3) is 14.0. The lowest BCUT2D eigenvalue weighted by molar-refractivity contribution is -0.888. The van der Waals surface area contributed by atoms with Crippen molar-refractivity contribution in [3.05, 3.63) is 5.21 Å². The third-order valence-corrected chi connectivity index (χ3v) is 7.05. The molecular weight excluding hydrogens is 342 g/mol. The van der Waals surface area contributed by atoms with Crippen LogP contribution in [0.15, 0.2) is 0 Å². The Kier molecular flexibility index (Phi) is 16.5. The van der Waals surface area contributed by atoms with Gasteiger partial charge < -0.3 is 9.85 Å². The highest BCUT2D eigenvalue weighted by Crippen LogP contribution is 2.26. The predicted molar refractivity (Wildman–Crippen MR) is 125 cm³/mol. The van der Waals surface area contributed by atoms with E-state index >= 15 is 0 Å². The summed E-state index contributed by atoms with van der Waals surface area (Å²) in [5.74, 6) is 0. The van der Waals surface area contributed by atoms with Gasteiger partial charge in [-0.15, -0.1) is 0 Å². The van der Waals surface area contributed by atoms with E-state index in [1.54, 1.807) is 0 Å². The van der Waals surface area contributed by atoms with E-state index in [0.29, 0.717) is 6.04 Å². The van der Waals surface area contributed by atoms with Crippen LogP contribution in [0, 0.1) is 5.21 Å². The fourth-order valence-corrected chi connectivity index (χ4v) is 4.96. The molecule has 0 bridgehead atoms. The topological polar surface area (TPSA) is 23.1 Å². The van der Waals surface area contributed by atoms with Crippen LogP contribution in [0.5, 0.6) is 0 Å². The molecule has 0 saturated heterocycles.